The Morgan fingerprint density at radius 1 is 0.267 bits per heavy atom. The normalized spacial score (nSPS) is 12.1. The third-order valence-electron chi connectivity index (χ3n) is 15.5. The zero-order valence-electron chi connectivity index (χ0n) is 50.8. The molecule has 0 saturated carbocycles. The summed E-state index contributed by atoms with van der Waals surface area (Å²) in [7, 11) is 0. The third-order valence-corrected chi connectivity index (χ3v) is 15.5. The molecule has 1 unspecified atom stereocenters. The zero-order valence-corrected chi connectivity index (χ0v) is 50.8. The zero-order chi connectivity index (χ0) is 54.3. The maximum Gasteiger partial charge on any atom is 0.306 e. The predicted molar refractivity (Wildman–Crippen MR) is 326 cm³/mol. The van der Waals surface area contributed by atoms with Crippen molar-refractivity contribution in [3.05, 3.63) is 24.3 Å². The first-order valence-corrected chi connectivity index (χ1v) is 33.8. The van der Waals surface area contributed by atoms with Gasteiger partial charge in [-0.3, -0.25) is 14.4 Å². The SMILES string of the molecule is CCCCCCC/C=C\C/C=C\CCCCCCCCCCCCCCCCCCCC(=O)OCC(COC(=O)CCCCCCCCCCCCCCCC)OC(=O)CCCCCCCCCCCCCCCC. The van der Waals surface area contributed by atoms with E-state index < -0.39 is 6.10 Å². The minimum atomic E-state index is -0.765. The maximum atomic E-state index is 12.9. The van der Waals surface area contributed by atoms with Gasteiger partial charge in [0.2, 0.25) is 0 Å². The maximum absolute atomic E-state index is 12.9. The van der Waals surface area contributed by atoms with Crippen LogP contribution in [0.25, 0.3) is 0 Å². The van der Waals surface area contributed by atoms with Crippen molar-refractivity contribution in [3.8, 4) is 0 Å². The van der Waals surface area contributed by atoms with Crippen molar-refractivity contribution in [1.82, 2.24) is 0 Å². The van der Waals surface area contributed by atoms with Crippen LogP contribution in [0.15, 0.2) is 24.3 Å². The van der Waals surface area contributed by atoms with Gasteiger partial charge in [0, 0.05) is 19.3 Å². The van der Waals surface area contributed by atoms with E-state index in [4.69, 9.17) is 14.2 Å². The number of carbonyl (C=O) groups is 3. The van der Waals surface area contributed by atoms with Crippen LogP contribution < -0.4 is 0 Å². The monoisotopic (exact) mass is 1050 g/mol. The van der Waals surface area contributed by atoms with Crippen molar-refractivity contribution >= 4 is 17.9 Å². The number of carbonyl (C=O) groups excluding carboxylic acids is 3. The Kier molecular flexibility index (Phi) is 62.6. The lowest BCUT2D eigenvalue weighted by atomic mass is 10.0. The number of ether oxygens (including phenoxy) is 3. The van der Waals surface area contributed by atoms with E-state index in [1.54, 1.807) is 0 Å². The molecule has 1 atom stereocenters. The van der Waals surface area contributed by atoms with Gasteiger partial charge in [0.25, 0.3) is 0 Å². The van der Waals surface area contributed by atoms with Crippen molar-refractivity contribution in [2.24, 2.45) is 0 Å². The first-order chi connectivity index (χ1) is 37.0. The molecule has 6 nitrogen and oxygen atoms in total. The number of rotatable bonds is 63. The second-order valence-corrected chi connectivity index (χ2v) is 23.1. The Hall–Kier alpha value is -2.11. The summed E-state index contributed by atoms with van der Waals surface area (Å²) in [6.07, 6.45) is 77.7. The second-order valence-electron chi connectivity index (χ2n) is 23.1. The molecule has 0 aliphatic carbocycles. The van der Waals surface area contributed by atoms with Crippen molar-refractivity contribution in [2.45, 2.75) is 386 Å². The van der Waals surface area contributed by atoms with Gasteiger partial charge in [-0.15, -0.1) is 0 Å². The fourth-order valence-corrected chi connectivity index (χ4v) is 10.4. The first kappa shape index (κ1) is 72.9. The number of hydrogen-bond acceptors (Lipinski definition) is 6. The van der Waals surface area contributed by atoms with Crippen LogP contribution in [0, 0.1) is 0 Å². The Labute approximate surface area is 468 Å². The highest BCUT2D eigenvalue weighted by Crippen LogP contribution is 2.18. The fraction of sp³-hybridized carbons (Fsp3) is 0.899. The summed E-state index contributed by atoms with van der Waals surface area (Å²) in [4.78, 5) is 38.3. The number of hydrogen-bond donors (Lipinski definition) is 0. The van der Waals surface area contributed by atoms with E-state index in [1.807, 2.05) is 0 Å². The summed E-state index contributed by atoms with van der Waals surface area (Å²) in [5.41, 5.74) is 0. The highest BCUT2D eigenvalue weighted by atomic mass is 16.6. The summed E-state index contributed by atoms with van der Waals surface area (Å²) in [5, 5.41) is 0. The Morgan fingerprint density at radius 3 is 0.733 bits per heavy atom. The number of unbranched alkanes of at least 4 members (excludes halogenated alkanes) is 48. The Bertz CT molecular complexity index is 1210. The molecule has 0 radical (unpaired) electrons. The summed E-state index contributed by atoms with van der Waals surface area (Å²) in [6, 6.07) is 0. The standard InChI is InChI=1S/C69H130O6/c1-4-7-10-13-16-19-22-25-28-29-30-31-32-33-34-35-36-37-38-39-40-41-42-45-47-50-53-56-59-62-68(71)74-65-66(75-69(72)63-60-57-54-51-48-44-27-24-21-18-15-12-9-6-3)64-73-67(70)61-58-55-52-49-46-43-26-23-20-17-14-11-8-5-2/h22,25,29-30,66H,4-21,23-24,26-28,31-65H2,1-3H3/b25-22-,30-29-. The Balaban J connectivity index is 4.14. The minimum Gasteiger partial charge on any atom is -0.462 e. The lowest BCUT2D eigenvalue weighted by molar-refractivity contribution is -0.167. The molecule has 0 aromatic carbocycles. The molecule has 0 amide bonds. The largest absolute Gasteiger partial charge is 0.462 e. The molecule has 0 aliphatic heterocycles. The van der Waals surface area contributed by atoms with Crippen LogP contribution in [0.3, 0.4) is 0 Å². The average Bonchev–Trinajstić information content (AvgIpc) is 3.41. The van der Waals surface area contributed by atoms with Crippen LogP contribution in [-0.4, -0.2) is 37.2 Å². The highest BCUT2D eigenvalue weighted by molar-refractivity contribution is 5.71. The fourth-order valence-electron chi connectivity index (χ4n) is 10.4. The lowest BCUT2D eigenvalue weighted by Gasteiger charge is -2.18. The van der Waals surface area contributed by atoms with Gasteiger partial charge in [-0.25, -0.2) is 0 Å². The van der Waals surface area contributed by atoms with E-state index in [0.29, 0.717) is 19.3 Å². The molecule has 0 saturated heterocycles. The van der Waals surface area contributed by atoms with E-state index in [2.05, 4.69) is 45.1 Å². The number of esters is 3. The molecule has 0 bridgehead atoms. The second kappa shape index (κ2) is 64.4. The highest BCUT2D eigenvalue weighted by Gasteiger charge is 2.19. The van der Waals surface area contributed by atoms with Crippen LogP contribution in [0.4, 0.5) is 0 Å². The van der Waals surface area contributed by atoms with Crippen LogP contribution in [0.1, 0.15) is 380 Å². The minimum absolute atomic E-state index is 0.0635. The van der Waals surface area contributed by atoms with Crippen LogP contribution in [0.5, 0.6) is 0 Å². The molecule has 75 heavy (non-hydrogen) atoms. The molecule has 6 heteroatoms. The average molecular weight is 1060 g/mol. The summed E-state index contributed by atoms with van der Waals surface area (Å²) in [6.45, 7) is 6.70. The van der Waals surface area contributed by atoms with Gasteiger partial charge >= 0.3 is 17.9 Å². The van der Waals surface area contributed by atoms with Crippen LogP contribution >= 0.6 is 0 Å². The van der Waals surface area contributed by atoms with Crippen LogP contribution in [-0.2, 0) is 28.6 Å². The van der Waals surface area contributed by atoms with Gasteiger partial charge in [0.1, 0.15) is 13.2 Å². The Morgan fingerprint density at radius 2 is 0.480 bits per heavy atom. The predicted octanol–water partition coefficient (Wildman–Crippen LogP) is 23.0. The van der Waals surface area contributed by atoms with Crippen molar-refractivity contribution in [2.75, 3.05) is 13.2 Å². The molecule has 0 aliphatic rings. The van der Waals surface area contributed by atoms with Gasteiger partial charge in [-0.2, -0.15) is 0 Å². The van der Waals surface area contributed by atoms with Gasteiger partial charge in [-0.05, 0) is 51.4 Å². The van der Waals surface area contributed by atoms with E-state index in [1.165, 1.54) is 276 Å². The molecule has 0 aromatic heterocycles. The summed E-state index contributed by atoms with van der Waals surface area (Å²) in [5.74, 6) is -0.833. The van der Waals surface area contributed by atoms with Gasteiger partial charge < -0.3 is 14.2 Å². The molecular formula is C69H130O6. The van der Waals surface area contributed by atoms with E-state index in [9.17, 15) is 14.4 Å². The van der Waals surface area contributed by atoms with Crippen molar-refractivity contribution in [3.63, 3.8) is 0 Å². The van der Waals surface area contributed by atoms with E-state index in [-0.39, 0.29) is 31.1 Å². The smallest absolute Gasteiger partial charge is 0.306 e. The third kappa shape index (κ3) is 62.6. The summed E-state index contributed by atoms with van der Waals surface area (Å²) < 4.78 is 17.0. The quantitative estimate of drug-likeness (QED) is 0.0261. The molecule has 442 valence electrons. The van der Waals surface area contributed by atoms with E-state index >= 15 is 0 Å². The van der Waals surface area contributed by atoms with Gasteiger partial charge in [0.15, 0.2) is 6.10 Å². The molecule has 0 N–H and O–H groups in total. The van der Waals surface area contributed by atoms with Gasteiger partial charge in [-0.1, -0.05) is 334 Å². The van der Waals surface area contributed by atoms with Gasteiger partial charge in [0.05, 0.1) is 0 Å². The molecule has 0 rings (SSSR count). The van der Waals surface area contributed by atoms with Crippen molar-refractivity contribution < 1.29 is 28.6 Å². The molecule has 0 aromatic rings. The molecule has 0 spiro atoms. The topological polar surface area (TPSA) is 78.9 Å². The first-order valence-electron chi connectivity index (χ1n) is 33.8. The number of allylic oxidation sites excluding steroid dienone is 4. The molecular weight excluding hydrogens is 925 g/mol. The van der Waals surface area contributed by atoms with Crippen molar-refractivity contribution in [1.29, 1.82) is 0 Å². The van der Waals surface area contributed by atoms with Crippen LogP contribution in [0.2, 0.25) is 0 Å². The lowest BCUT2D eigenvalue weighted by Crippen LogP contribution is -2.30. The summed E-state index contributed by atoms with van der Waals surface area (Å²) >= 11 is 0. The van der Waals surface area contributed by atoms with E-state index in [0.717, 1.165) is 64.2 Å². The molecule has 0 heterocycles. The molecule has 0 fully saturated rings.